The SMILES string of the molecule is Cc1cccc(-c2nccc(Nc3ccnc(Nc4ncc(C5CNCCO5)s4)n3)n2)n1. The van der Waals surface area contributed by atoms with Crippen molar-refractivity contribution in [3.8, 4) is 11.5 Å². The highest BCUT2D eigenvalue weighted by atomic mass is 32.1. The second kappa shape index (κ2) is 9.30. The van der Waals surface area contributed by atoms with Crippen molar-refractivity contribution in [1.82, 2.24) is 35.2 Å². The van der Waals surface area contributed by atoms with Crippen LogP contribution in [0.4, 0.5) is 22.7 Å². The van der Waals surface area contributed by atoms with Crippen LogP contribution in [0.15, 0.2) is 48.9 Å². The number of anilines is 4. The summed E-state index contributed by atoms with van der Waals surface area (Å²) in [5.41, 5.74) is 1.63. The number of pyridine rings is 1. The fourth-order valence-electron chi connectivity index (χ4n) is 3.18. The molecule has 1 unspecified atom stereocenters. The van der Waals surface area contributed by atoms with E-state index in [0.29, 0.717) is 35.1 Å². The first-order valence-corrected chi connectivity index (χ1v) is 11.0. The molecule has 1 fully saturated rings. The molecule has 1 atom stereocenters. The number of aromatic nitrogens is 6. The minimum Gasteiger partial charge on any atom is -0.370 e. The lowest BCUT2D eigenvalue weighted by atomic mass is 10.3. The van der Waals surface area contributed by atoms with E-state index in [9.17, 15) is 0 Å². The number of hydrogen-bond acceptors (Lipinski definition) is 11. The zero-order chi connectivity index (χ0) is 21.8. The number of rotatable bonds is 6. The van der Waals surface area contributed by atoms with Crippen molar-refractivity contribution in [1.29, 1.82) is 0 Å². The van der Waals surface area contributed by atoms with Crippen LogP contribution in [0.3, 0.4) is 0 Å². The smallest absolute Gasteiger partial charge is 0.230 e. The summed E-state index contributed by atoms with van der Waals surface area (Å²) < 4.78 is 5.78. The second-order valence-electron chi connectivity index (χ2n) is 7.08. The molecular weight excluding hydrogens is 426 g/mol. The monoisotopic (exact) mass is 447 g/mol. The normalized spacial score (nSPS) is 16.0. The van der Waals surface area contributed by atoms with Crippen molar-refractivity contribution >= 4 is 34.1 Å². The van der Waals surface area contributed by atoms with Gasteiger partial charge in [0, 0.05) is 37.4 Å². The number of thiazole rings is 1. The van der Waals surface area contributed by atoms with E-state index in [4.69, 9.17) is 4.74 Å². The summed E-state index contributed by atoms with van der Waals surface area (Å²) in [7, 11) is 0. The van der Waals surface area contributed by atoms with Gasteiger partial charge in [0.1, 0.15) is 23.4 Å². The van der Waals surface area contributed by atoms with E-state index in [2.05, 4.69) is 45.9 Å². The third-order valence-corrected chi connectivity index (χ3v) is 5.68. The van der Waals surface area contributed by atoms with Crippen LogP contribution >= 0.6 is 11.3 Å². The third kappa shape index (κ3) is 4.85. The first-order valence-electron chi connectivity index (χ1n) is 10.2. The lowest BCUT2D eigenvalue weighted by Gasteiger charge is -2.21. The number of ether oxygens (including phenoxy) is 1. The first-order chi connectivity index (χ1) is 15.7. The fourth-order valence-corrected chi connectivity index (χ4v) is 4.04. The number of aryl methyl sites for hydroxylation is 1. The lowest BCUT2D eigenvalue weighted by molar-refractivity contribution is 0.0298. The maximum absolute atomic E-state index is 5.78. The van der Waals surface area contributed by atoms with Crippen molar-refractivity contribution in [3.05, 3.63) is 59.5 Å². The molecule has 11 heteroatoms. The van der Waals surface area contributed by atoms with Crippen molar-refractivity contribution in [2.75, 3.05) is 30.3 Å². The number of nitrogens with one attached hydrogen (secondary N) is 3. The fraction of sp³-hybridized carbons (Fsp3) is 0.238. The van der Waals surface area contributed by atoms with Crippen molar-refractivity contribution in [3.63, 3.8) is 0 Å². The predicted molar refractivity (Wildman–Crippen MR) is 122 cm³/mol. The van der Waals surface area contributed by atoms with Crippen LogP contribution in [-0.2, 0) is 4.74 Å². The van der Waals surface area contributed by atoms with Gasteiger partial charge in [0.05, 0.1) is 11.5 Å². The van der Waals surface area contributed by atoms with Gasteiger partial charge in [-0.1, -0.05) is 17.4 Å². The second-order valence-corrected chi connectivity index (χ2v) is 8.14. The molecule has 4 aromatic heterocycles. The van der Waals surface area contributed by atoms with E-state index in [1.807, 2.05) is 31.3 Å². The maximum Gasteiger partial charge on any atom is 0.230 e. The van der Waals surface area contributed by atoms with Crippen LogP contribution < -0.4 is 16.0 Å². The minimum absolute atomic E-state index is 0.0283. The van der Waals surface area contributed by atoms with Gasteiger partial charge in [-0.25, -0.2) is 24.9 Å². The highest BCUT2D eigenvalue weighted by Gasteiger charge is 2.18. The Balaban J connectivity index is 1.29. The van der Waals surface area contributed by atoms with Gasteiger partial charge in [0.15, 0.2) is 11.0 Å². The number of hydrogen-bond donors (Lipinski definition) is 3. The van der Waals surface area contributed by atoms with E-state index in [1.165, 1.54) is 11.3 Å². The molecule has 0 saturated carbocycles. The molecule has 1 saturated heterocycles. The molecule has 5 heterocycles. The Morgan fingerprint density at radius 1 is 1.00 bits per heavy atom. The van der Waals surface area contributed by atoms with Crippen LogP contribution in [-0.4, -0.2) is 49.6 Å². The molecule has 1 aliphatic heterocycles. The molecule has 32 heavy (non-hydrogen) atoms. The molecule has 10 nitrogen and oxygen atoms in total. The van der Waals surface area contributed by atoms with Crippen LogP contribution in [0.5, 0.6) is 0 Å². The molecule has 3 N–H and O–H groups in total. The van der Waals surface area contributed by atoms with Crippen molar-refractivity contribution in [2.24, 2.45) is 0 Å². The topological polar surface area (TPSA) is 123 Å². The standard InChI is InChI=1S/C21H21N9OS/c1-13-3-2-4-14(26-13)19-23-7-5-17(28-19)27-18-6-8-24-20(29-18)30-21-25-12-16(32-21)15-11-22-9-10-31-15/h2-8,12,15,22H,9-11H2,1H3,(H2,23,24,25,27,28,29,30). The van der Waals surface area contributed by atoms with Gasteiger partial charge in [-0.15, -0.1) is 0 Å². The zero-order valence-corrected chi connectivity index (χ0v) is 18.1. The Hall–Kier alpha value is -3.54. The quantitative estimate of drug-likeness (QED) is 0.406. The summed E-state index contributed by atoms with van der Waals surface area (Å²) >= 11 is 1.53. The summed E-state index contributed by atoms with van der Waals surface area (Å²) in [6, 6.07) is 9.30. The molecule has 0 bridgehead atoms. The summed E-state index contributed by atoms with van der Waals surface area (Å²) in [5.74, 6) is 2.19. The molecular formula is C21H21N9OS. The number of nitrogens with zero attached hydrogens (tertiary/aromatic N) is 6. The highest BCUT2D eigenvalue weighted by Crippen LogP contribution is 2.29. The molecule has 0 radical (unpaired) electrons. The van der Waals surface area contributed by atoms with Gasteiger partial charge in [0.25, 0.3) is 0 Å². The van der Waals surface area contributed by atoms with Gasteiger partial charge in [-0.2, -0.15) is 4.98 Å². The van der Waals surface area contributed by atoms with Gasteiger partial charge in [-0.3, -0.25) is 5.32 Å². The zero-order valence-electron chi connectivity index (χ0n) is 17.3. The molecule has 0 aromatic carbocycles. The van der Waals surface area contributed by atoms with Crippen LogP contribution in [0.1, 0.15) is 16.7 Å². The van der Waals surface area contributed by atoms with E-state index < -0.39 is 0 Å². The Labute approximate surface area is 188 Å². The Bertz CT molecular complexity index is 1210. The Morgan fingerprint density at radius 3 is 2.72 bits per heavy atom. The highest BCUT2D eigenvalue weighted by molar-refractivity contribution is 7.15. The van der Waals surface area contributed by atoms with E-state index in [1.54, 1.807) is 24.5 Å². The van der Waals surface area contributed by atoms with E-state index in [0.717, 1.165) is 29.4 Å². The van der Waals surface area contributed by atoms with Crippen LogP contribution in [0.2, 0.25) is 0 Å². The van der Waals surface area contributed by atoms with Gasteiger partial charge < -0.3 is 15.4 Å². The summed E-state index contributed by atoms with van der Waals surface area (Å²) in [6.45, 7) is 4.30. The third-order valence-electron chi connectivity index (χ3n) is 4.67. The van der Waals surface area contributed by atoms with Crippen LogP contribution in [0.25, 0.3) is 11.5 Å². The predicted octanol–water partition coefficient (Wildman–Crippen LogP) is 3.24. The van der Waals surface area contributed by atoms with Gasteiger partial charge in [-0.05, 0) is 31.2 Å². The largest absolute Gasteiger partial charge is 0.370 e. The molecule has 4 aromatic rings. The average Bonchev–Trinajstić information content (AvgIpc) is 3.29. The van der Waals surface area contributed by atoms with Crippen molar-refractivity contribution in [2.45, 2.75) is 13.0 Å². The van der Waals surface area contributed by atoms with Gasteiger partial charge >= 0.3 is 0 Å². The van der Waals surface area contributed by atoms with E-state index >= 15 is 0 Å². The average molecular weight is 448 g/mol. The maximum atomic E-state index is 5.78. The Morgan fingerprint density at radius 2 is 1.88 bits per heavy atom. The van der Waals surface area contributed by atoms with Crippen LogP contribution in [0, 0.1) is 6.92 Å². The minimum atomic E-state index is 0.0283. The van der Waals surface area contributed by atoms with Crippen molar-refractivity contribution < 1.29 is 4.74 Å². The summed E-state index contributed by atoms with van der Waals surface area (Å²) in [5, 5.41) is 10.4. The Kier molecular flexibility index (Phi) is 5.92. The molecule has 162 valence electrons. The molecule has 5 rings (SSSR count). The van der Waals surface area contributed by atoms with Gasteiger partial charge in [0.2, 0.25) is 5.95 Å². The molecule has 1 aliphatic rings. The number of morpholine rings is 1. The summed E-state index contributed by atoms with van der Waals surface area (Å²) in [6.07, 6.45) is 5.22. The molecule has 0 aliphatic carbocycles. The lowest BCUT2D eigenvalue weighted by Crippen LogP contribution is -2.32. The first kappa shape index (κ1) is 20.4. The molecule has 0 spiro atoms. The summed E-state index contributed by atoms with van der Waals surface area (Å²) in [4.78, 5) is 27.7. The van der Waals surface area contributed by atoms with E-state index in [-0.39, 0.29) is 6.10 Å². The molecule has 0 amide bonds.